The van der Waals surface area contributed by atoms with E-state index in [4.69, 9.17) is 0 Å². The number of carbonyl (C=O) groups excluding carboxylic acids is 1. The van der Waals surface area contributed by atoms with Gasteiger partial charge in [-0.25, -0.2) is 9.97 Å². The van der Waals surface area contributed by atoms with E-state index >= 15 is 0 Å². The van der Waals surface area contributed by atoms with Gasteiger partial charge in [0.05, 0.1) is 12.1 Å². The van der Waals surface area contributed by atoms with Gasteiger partial charge in [-0.2, -0.15) is 0 Å². The number of nitrogens with one attached hydrogen (secondary N) is 1. The molecule has 0 unspecified atom stereocenters. The van der Waals surface area contributed by atoms with Gasteiger partial charge in [0.1, 0.15) is 10.8 Å². The van der Waals surface area contributed by atoms with E-state index in [2.05, 4.69) is 34.3 Å². The number of aryl methyl sites for hydroxylation is 2. The lowest BCUT2D eigenvalue weighted by Gasteiger charge is -2.03. The topological polar surface area (TPSA) is 54.9 Å². The highest BCUT2D eigenvalue weighted by Crippen LogP contribution is 2.24. The molecule has 4 nitrogen and oxygen atoms in total. The third-order valence-corrected chi connectivity index (χ3v) is 4.28. The Labute approximate surface area is 139 Å². The predicted molar refractivity (Wildman–Crippen MR) is 93.6 cm³/mol. The van der Waals surface area contributed by atoms with Crippen LogP contribution in [0.25, 0.3) is 10.6 Å². The number of hydrogen-bond donors (Lipinski definition) is 1. The predicted octanol–water partition coefficient (Wildman–Crippen LogP) is 4.00. The van der Waals surface area contributed by atoms with Gasteiger partial charge in [0, 0.05) is 17.1 Å². The molecule has 0 bridgehead atoms. The van der Waals surface area contributed by atoms with Crippen LogP contribution in [-0.4, -0.2) is 15.9 Å². The second-order valence-corrected chi connectivity index (χ2v) is 6.32. The molecular weight excluding hydrogens is 306 g/mol. The highest BCUT2D eigenvalue weighted by atomic mass is 32.1. The highest BCUT2D eigenvalue weighted by Gasteiger charge is 2.10. The quantitative estimate of drug-likeness (QED) is 0.789. The summed E-state index contributed by atoms with van der Waals surface area (Å²) < 4.78 is 0. The van der Waals surface area contributed by atoms with Crippen LogP contribution in [0, 0.1) is 13.8 Å². The Morgan fingerprint density at radius 1 is 1.17 bits per heavy atom. The van der Waals surface area contributed by atoms with Crippen molar-refractivity contribution in [3.05, 3.63) is 64.8 Å². The van der Waals surface area contributed by atoms with Gasteiger partial charge in [0.25, 0.3) is 0 Å². The first-order valence-corrected chi connectivity index (χ1v) is 8.22. The number of amides is 1. The molecule has 1 amide bonds. The van der Waals surface area contributed by atoms with Crippen LogP contribution in [0.2, 0.25) is 0 Å². The third kappa shape index (κ3) is 4.02. The Morgan fingerprint density at radius 3 is 2.78 bits per heavy atom. The maximum atomic E-state index is 12.1. The van der Waals surface area contributed by atoms with Crippen LogP contribution in [0.4, 0.5) is 5.82 Å². The van der Waals surface area contributed by atoms with Gasteiger partial charge in [-0.15, -0.1) is 11.3 Å². The molecule has 116 valence electrons. The summed E-state index contributed by atoms with van der Waals surface area (Å²) in [5.41, 5.74) is 4.12. The minimum absolute atomic E-state index is 0.109. The lowest BCUT2D eigenvalue weighted by molar-refractivity contribution is -0.115. The molecule has 23 heavy (non-hydrogen) atoms. The largest absolute Gasteiger partial charge is 0.310 e. The van der Waals surface area contributed by atoms with Crippen molar-refractivity contribution in [2.24, 2.45) is 0 Å². The Hall–Kier alpha value is -2.53. The van der Waals surface area contributed by atoms with E-state index in [0.29, 0.717) is 5.82 Å². The zero-order valence-electron chi connectivity index (χ0n) is 13.0. The number of nitrogens with zero attached hydrogens (tertiary/aromatic N) is 2. The zero-order chi connectivity index (χ0) is 16.2. The molecule has 2 aromatic heterocycles. The van der Waals surface area contributed by atoms with Gasteiger partial charge in [-0.1, -0.05) is 29.8 Å². The Morgan fingerprint density at radius 2 is 2.04 bits per heavy atom. The van der Waals surface area contributed by atoms with Crippen LogP contribution in [0.3, 0.4) is 0 Å². The number of rotatable bonds is 4. The molecule has 0 saturated carbocycles. The molecule has 3 rings (SSSR count). The second kappa shape index (κ2) is 6.71. The molecule has 0 radical (unpaired) electrons. The van der Waals surface area contributed by atoms with Crippen LogP contribution < -0.4 is 5.32 Å². The molecule has 3 aromatic rings. The summed E-state index contributed by atoms with van der Waals surface area (Å²) in [5, 5.41) is 5.66. The number of aromatic nitrogens is 2. The van der Waals surface area contributed by atoms with Crippen molar-refractivity contribution in [2.75, 3.05) is 5.32 Å². The van der Waals surface area contributed by atoms with Crippen LogP contribution in [-0.2, 0) is 11.2 Å². The van der Waals surface area contributed by atoms with E-state index in [1.165, 1.54) is 5.56 Å². The molecule has 0 aliphatic rings. The second-order valence-electron chi connectivity index (χ2n) is 5.46. The molecule has 1 aromatic carbocycles. The average Bonchev–Trinajstić information content (AvgIpc) is 2.98. The first-order chi connectivity index (χ1) is 11.1. The SMILES string of the molecule is Cc1ccc(NC(=O)Cc2csc(-c3cccc(C)c3)n2)nc1. The number of benzene rings is 1. The van der Waals surface area contributed by atoms with Gasteiger partial charge >= 0.3 is 0 Å². The molecule has 0 saturated heterocycles. The van der Waals surface area contributed by atoms with E-state index < -0.39 is 0 Å². The fourth-order valence-corrected chi connectivity index (χ4v) is 3.01. The maximum Gasteiger partial charge on any atom is 0.231 e. The fourth-order valence-electron chi connectivity index (χ4n) is 2.19. The van der Waals surface area contributed by atoms with Crippen molar-refractivity contribution >= 4 is 23.1 Å². The monoisotopic (exact) mass is 323 g/mol. The molecule has 0 spiro atoms. The van der Waals surface area contributed by atoms with E-state index in [9.17, 15) is 4.79 Å². The van der Waals surface area contributed by atoms with Crippen LogP contribution in [0.15, 0.2) is 48.0 Å². The summed E-state index contributed by atoms with van der Waals surface area (Å²) in [7, 11) is 0. The number of pyridine rings is 1. The highest BCUT2D eigenvalue weighted by molar-refractivity contribution is 7.13. The number of thiazole rings is 1. The molecule has 5 heteroatoms. The summed E-state index contributed by atoms with van der Waals surface area (Å²) in [5.74, 6) is 0.456. The van der Waals surface area contributed by atoms with E-state index in [1.54, 1.807) is 23.6 Å². The first-order valence-electron chi connectivity index (χ1n) is 7.34. The fraction of sp³-hybridized carbons (Fsp3) is 0.167. The van der Waals surface area contributed by atoms with E-state index in [0.717, 1.165) is 21.8 Å². The van der Waals surface area contributed by atoms with Crippen LogP contribution >= 0.6 is 11.3 Å². The lowest BCUT2D eigenvalue weighted by Crippen LogP contribution is -2.15. The Balaban J connectivity index is 1.66. The summed E-state index contributed by atoms with van der Waals surface area (Å²) in [4.78, 5) is 20.8. The number of hydrogen-bond acceptors (Lipinski definition) is 4. The van der Waals surface area contributed by atoms with Gasteiger partial charge in [0.15, 0.2) is 0 Å². The van der Waals surface area contributed by atoms with Crippen LogP contribution in [0.5, 0.6) is 0 Å². The molecular formula is C18H17N3OS. The van der Waals surface area contributed by atoms with Crippen molar-refractivity contribution < 1.29 is 4.79 Å². The minimum Gasteiger partial charge on any atom is -0.310 e. The number of anilines is 1. The van der Waals surface area contributed by atoms with Crippen molar-refractivity contribution in [1.82, 2.24) is 9.97 Å². The minimum atomic E-state index is -0.109. The summed E-state index contributed by atoms with van der Waals surface area (Å²) in [6.45, 7) is 4.01. The zero-order valence-corrected chi connectivity index (χ0v) is 13.9. The molecule has 0 aliphatic carbocycles. The van der Waals surface area contributed by atoms with Crippen LogP contribution in [0.1, 0.15) is 16.8 Å². The van der Waals surface area contributed by atoms with Gasteiger partial charge in [-0.05, 0) is 31.5 Å². The van der Waals surface area contributed by atoms with Crippen molar-refractivity contribution in [3.8, 4) is 10.6 Å². The average molecular weight is 323 g/mol. The van der Waals surface area contributed by atoms with E-state index in [-0.39, 0.29) is 12.3 Å². The molecule has 2 heterocycles. The Kier molecular flexibility index (Phi) is 4.48. The molecule has 0 atom stereocenters. The van der Waals surface area contributed by atoms with Crippen molar-refractivity contribution in [1.29, 1.82) is 0 Å². The standard InChI is InChI=1S/C18H17N3OS/c1-12-4-3-5-14(8-12)18-20-15(11-23-18)9-17(22)21-16-7-6-13(2)10-19-16/h3-8,10-11H,9H2,1-2H3,(H,19,21,22). The molecule has 1 N–H and O–H groups in total. The summed E-state index contributed by atoms with van der Waals surface area (Å²) in [6.07, 6.45) is 1.98. The summed E-state index contributed by atoms with van der Waals surface area (Å²) >= 11 is 1.55. The third-order valence-electron chi connectivity index (χ3n) is 3.34. The van der Waals surface area contributed by atoms with Gasteiger partial charge in [0.2, 0.25) is 5.91 Å². The maximum absolute atomic E-state index is 12.1. The normalized spacial score (nSPS) is 10.5. The first kappa shape index (κ1) is 15.4. The summed E-state index contributed by atoms with van der Waals surface area (Å²) in [6, 6.07) is 11.9. The van der Waals surface area contributed by atoms with Gasteiger partial charge in [-0.3, -0.25) is 4.79 Å². The Bertz CT molecular complexity index is 824. The van der Waals surface area contributed by atoms with E-state index in [1.807, 2.05) is 30.5 Å². The molecule has 0 aliphatic heterocycles. The van der Waals surface area contributed by atoms with Gasteiger partial charge < -0.3 is 5.32 Å². The molecule has 0 fully saturated rings. The van der Waals surface area contributed by atoms with Crippen molar-refractivity contribution in [2.45, 2.75) is 20.3 Å². The smallest absolute Gasteiger partial charge is 0.231 e. The number of carbonyl (C=O) groups is 1. The van der Waals surface area contributed by atoms with Crippen molar-refractivity contribution in [3.63, 3.8) is 0 Å². The lowest BCUT2D eigenvalue weighted by atomic mass is 10.1.